The topological polar surface area (TPSA) is 72.2 Å². The normalized spacial score (nSPS) is 10.2. The fourth-order valence-corrected chi connectivity index (χ4v) is 2.05. The third kappa shape index (κ3) is 2.91. The van der Waals surface area contributed by atoms with E-state index >= 15 is 0 Å². The predicted molar refractivity (Wildman–Crippen MR) is 78.8 cm³/mol. The van der Waals surface area contributed by atoms with E-state index in [4.69, 9.17) is 5.73 Å². The maximum atomic E-state index is 13.9. The first kappa shape index (κ1) is 14.7. The second kappa shape index (κ2) is 5.75. The van der Waals surface area contributed by atoms with E-state index in [2.05, 4.69) is 5.32 Å². The van der Waals surface area contributed by atoms with Crippen molar-refractivity contribution in [3.05, 3.63) is 64.5 Å². The molecule has 21 heavy (non-hydrogen) atoms. The Labute approximate surface area is 121 Å². The largest absolute Gasteiger partial charge is 0.366 e. The van der Waals surface area contributed by atoms with Crippen molar-refractivity contribution in [1.82, 2.24) is 0 Å². The number of carbonyl (C=O) groups is 2. The minimum Gasteiger partial charge on any atom is -0.366 e. The van der Waals surface area contributed by atoms with Gasteiger partial charge in [0.05, 0.1) is 5.56 Å². The molecular formula is C16H15FN2O2. The summed E-state index contributed by atoms with van der Waals surface area (Å²) in [6.45, 7) is 3.26. The van der Waals surface area contributed by atoms with Crippen LogP contribution in [0.4, 0.5) is 10.1 Å². The quantitative estimate of drug-likeness (QED) is 0.910. The third-order valence-electron chi connectivity index (χ3n) is 3.28. The van der Waals surface area contributed by atoms with Crippen LogP contribution in [0, 0.1) is 19.7 Å². The second-order valence-corrected chi connectivity index (χ2v) is 4.73. The number of amides is 2. The van der Waals surface area contributed by atoms with Crippen LogP contribution in [-0.4, -0.2) is 11.8 Å². The Balaban J connectivity index is 2.34. The Morgan fingerprint density at radius 1 is 1.05 bits per heavy atom. The molecule has 2 aromatic carbocycles. The van der Waals surface area contributed by atoms with Gasteiger partial charge in [-0.25, -0.2) is 4.39 Å². The number of hydrogen-bond acceptors (Lipinski definition) is 2. The van der Waals surface area contributed by atoms with Crippen LogP contribution in [0.2, 0.25) is 0 Å². The number of nitrogens with two attached hydrogens (primary N) is 1. The smallest absolute Gasteiger partial charge is 0.258 e. The van der Waals surface area contributed by atoms with Crippen LogP contribution in [0.25, 0.3) is 0 Å². The summed E-state index contributed by atoms with van der Waals surface area (Å²) in [5.74, 6) is -1.70. The molecule has 0 aromatic heterocycles. The second-order valence-electron chi connectivity index (χ2n) is 4.73. The van der Waals surface area contributed by atoms with E-state index in [1.54, 1.807) is 44.2 Å². The zero-order valence-electron chi connectivity index (χ0n) is 11.7. The molecule has 5 heteroatoms. The van der Waals surface area contributed by atoms with Gasteiger partial charge in [-0.2, -0.15) is 0 Å². The molecule has 4 nitrogen and oxygen atoms in total. The van der Waals surface area contributed by atoms with Gasteiger partial charge < -0.3 is 11.1 Å². The standard InChI is InChI=1S/C16H15FN2O2/c1-9-5-3-7-12(14(9)17)16(21)19-13-8-4-6-11(10(13)2)15(18)20/h3-8H,1-2H3,(H2,18,20)(H,19,21). The zero-order chi connectivity index (χ0) is 15.6. The lowest BCUT2D eigenvalue weighted by atomic mass is 10.1. The molecule has 0 aliphatic heterocycles. The average molecular weight is 286 g/mol. The number of anilines is 1. The maximum Gasteiger partial charge on any atom is 0.258 e. The Kier molecular flexibility index (Phi) is 4.03. The first-order valence-electron chi connectivity index (χ1n) is 6.37. The van der Waals surface area contributed by atoms with Gasteiger partial charge in [0.15, 0.2) is 0 Å². The molecule has 0 radical (unpaired) electrons. The molecule has 2 aromatic rings. The summed E-state index contributed by atoms with van der Waals surface area (Å²) in [6.07, 6.45) is 0. The molecule has 0 atom stereocenters. The first-order valence-corrected chi connectivity index (χ1v) is 6.37. The molecule has 0 aliphatic carbocycles. The predicted octanol–water partition coefficient (Wildman–Crippen LogP) is 2.79. The number of rotatable bonds is 3. The van der Waals surface area contributed by atoms with Gasteiger partial charge in [-0.15, -0.1) is 0 Å². The van der Waals surface area contributed by atoms with Crippen molar-refractivity contribution in [3.8, 4) is 0 Å². The summed E-state index contributed by atoms with van der Waals surface area (Å²) in [7, 11) is 0. The van der Waals surface area contributed by atoms with Gasteiger partial charge in [-0.05, 0) is 43.2 Å². The van der Waals surface area contributed by atoms with Crippen molar-refractivity contribution in [1.29, 1.82) is 0 Å². The highest BCUT2D eigenvalue weighted by Crippen LogP contribution is 2.20. The van der Waals surface area contributed by atoms with Gasteiger partial charge in [-0.1, -0.05) is 18.2 Å². The molecular weight excluding hydrogens is 271 g/mol. The molecule has 0 heterocycles. The van der Waals surface area contributed by atoms with Crippen molar-refractivity contribution in [2.45, 2.75) is 13.8 Å². The Morgan fingerprint density at radius 2 is 1.67 bits per heavy atom. The molecule has 2 rings (SSSR count). The molecule has 0 bridgehead atoms. The molecule has 0 saturated heterocycles. The monoisotopic (exact) mass is 286 g/mol. The van der Waals surface area contributed by atoms with E-state index < -0.39 is 17.6 Å². The fraction of sp³-hybridized carbons (Fsp3) is 0.125. The van der Waals surface area contributed by atoms with E-state index in [9.17, 15) is 14.0 Å². The van der Waals surface area contributed by atoms with Crippen molar-refractivity contribution >= 4 is 17.5 Å². The molecule has 0 aliphatic rings. The van der Waals surface area contributed by atoms with Crippen LogP contribution >= 0.6 is 0 Å². The van der Waals surface area contributed by atoms with Crippen LogP contribution in [0.3, 0.4) is 0 Å². The highest BCUT2D eigenvalue weighted by Gasteiger charge is 2.15. The van der Waals surface area contributed by atoms with Crippen molar-refractivity contribution in [2.75, 3.05) is 5.32 Å². The number of primary amides is 1. The van der Waals surface area contributed by atoms with Crippen LogP contribution in [0.5, 0.6) is 0 Å². The first-order chi connectivity index (χ1) is 9.91. The summed E-state index contributed by atoms with van der Waals surface area (Å²) >= 11 is 0. The molecule has 0 spiro atoms. The van der Waals surface area contributed by atoms with Crippen LogP contribution in [0.15, 0.2) is 36.4 Å². The Bertz CT molecular complexity index is 726. The third-order valence-corrected chi connectivity index (χ3v) is 3.28. The average Bonchev–Trinajstić information content (AvgIpc) is 2.43. The number of benzene rings is 2. The number of aryl methyl sites for hydroxylation is 1. The van der Waals surface area contributed by atoms with E-state index in [1.165, 1.54) is 6.07 Å². The number of hydrogen-bond donors (Lipinski definition) is 2. The molecule has 0 unspecified atom stereocenters. The Hall–Kier alpha value is -2.69. The summed E-state index contributed by atoms with van der Waals surface area (Å²) in [4.78, 5) is 23.4. The summed E-state index contributed by atoms with van der Waals surface area (Å²) in [5, 5.41) is 2.60. The molecule has 108 valence electrons. The molecule has 0 saturated carbocycles. The van der Waals surface area contributed by atoms with E-state index in [0.29, 0.717) is 22.4 Å². The molecule has 3 N–H and O–H groups in total. The number of halogens is 1. The van der Waals surface area contributed by atoms with E-state index in [0.717, 1.165) is 0 Å². The van der Waals surface area contributed by atoms with Gasteiger partial charge in [0.2, 0.25) is 5.91 Å². The minimum absolute atomic E-state index is 0.0427. The summed E-state index contributed by atoms with van der Waals surface area (Å²) in [5.41, 5.74) is 6.90. The van der Waals surface area contributed by atoms with Crippen molar-refractivity contribution in [2.24, 2.45) is 5.73 Å². The summed E-state index contributed by atoms with van der Waals surface area (Å²) in [6, 6.07) is 9.42. The van der Waals surface area contributed by atoms with Gasteiger partial charge in [-0.3, -0.25) is 9.59 Å². The SMILES string of the molecule is Cc1cccc(C(=O)Nc2cccc(C(N)=O)c2C)c1F. The number of nitrogens with one attached hydrogen (secondary N) is 1. The van der Waals surface area contributed by atoms with Crippen LogP contribution < -0.4 is 11.1 Å². The highest BCUT2D eigenvalue weighted by molar-refractivity contribution is 6.06. The van der Waals surface area contributed by atoms with Crippen molar-refractivity contribution < 1.29 is 14.0 Å². The van der Waals surface area contributed by atoms with Gasteiger partial charge >= 0.3 is 0 Å². The van der Waals surface area contributed by atoms with Crippen LogP contribution in [0.1, 0.15) is 31.8 Å². The highest BCUT2D eigenvalue weighted by atomic mass is 19.1. The van der Waals surface area contributed by atoms with Gasteiger partial charge in [0.1, 0.15) is 5.82 Å². The van der Waals surface area contributed by atoms with Gasteiger partial charge in [0, 0.05) is 11.3 Å². The molecule has 0 fully saturated rings. The van der Waals surface area contributed by atoms with Crippen LogP contribution in [-0.2, 0) is 0 Å². The zero-order valence-corrected chi connectivity index (χ0v) is 11.7. The lowest BCUT2D eigenvalue weighted by Crippen LogP contribution is -2.17. The van der Waals surface area contributed by atoms with E-state index in [-0.39, 0.29) is 5.56 Å². The Morgan fingerprint density at radius 3 is 2.33 bits per heavy atom. The number of carbonyl (C=O) groups excluding carboxylic acids is 2. The lowest BCUT2D eigenvalue weighted by molar-refractivity contribution is 0.0994. The minimum atomic E-state index is -0.578. The van der Waals surface area contributed by atoms with E-state index in [1.807, 2.05) is 0 Å². The fourth-order valence-electron chi connectivity index (χ4n) is 2.05. The molecule has 2 amide bonds. The van der Waals surface area contributed by atoms with Gasteiger partial charge in [0.25, 0.3) is 5.91 Å². The summed E-state index contributed by atoms with van der Waals surface area (Å²) < 4.78 is 13.9. The maximum absolute atomic E-state index is 13.9. The lowest BCUT2D eigenvalue weighted by Gasteiger charge is -2.11. The van der Waals surface area contributed by atoms with Crippen molar-refractivity contribution in [3.63, 3.8) is 0 Å².